The molecule has 0 bridgehead atoms. The first-order chi connectivity index (χ1) is 9.06. The van der Waals surface area contributed by atoms with E-state index in [9.17, 15) is 4.79 Å². The summed E-state index contributed by atoms with van der Waals surface area (Å²) < 4.78 is 1.71. The van der Waals surface area contributed by atoms with Gasteiger partial charge in [-0.05, 0) is 20.0 Å². The molecule has 1 N–H and O–H groups in total. The number of carbonyl (C=O) groups excluding carboxylic acids is 1. The molecular formula is C13H23ClN4O. The summed E-state index contributed by atoms with van der Waals surface area (Å²) in [6.07, 6.45) is 2.18. The van der Waals surface area contributed by atoms with Crippen LogP contribution in [0, 0.1) is 6.92 Å². The summed E-state index contributed by atoms with van der Waals surface area (Å²) in [4.78, 5) is 13.9. The normalized spacial score (nSPS) is 11.0. The summed E-state index contributed by atoms with van der Waals surface area (Å²) in [6.45, 7) is 10.3. The Kier molecular flexibility index (Phi) is 6.87. The molecule has 0 spiro atoms. The summed E-state index contributed by atoms with van der Waals surface area (Å²) in [5, 5.41) is 7.77. The Morgan fingerprint density at radius 1 is 1.47 bits per heavy atom. The van der Waals surface area contributed by atoms with E-state index in [0.29, 0.717) is 24.5 Å². The molecule has 0 saturated carbocycles. The molecule has 5 nitrogen and oxygen atoms in total. The van der Waals surface area contributed by atoms with Gasteiger partial charge in [0.05, 0.1) is 10.7 Å². The fourth-order valence-corrected chi connectivity index (χ4v) is 1.96. The van der Waals surface area contributed by atoms with Crippen LogP contribution in [-0.2, 0) is 11.3 Å². The summed E-state index contributed by atoms with van der Waals surface area (Å²) in [7, 11) is 0. The van der Waals surface area contributed by atoms with Gasteiger partial charge in [-0.3, -0.25) is 9.48 Å². The molecule has 1 aromatic heterocycles. The Labute approximate surface area is 119 Å². The van der Waals surface area contributed by atoms with Gasteiger partial charge in [-0.2, -0.15) is 5.10 Å². The second kappa shape index (κ2) is 8.17. The summed E-state index contributed by atoms with van der Waals surface area (Å²) in [5.74, 6) is 0.0523. The van der Waals surface area contributed by atoms with Gasteiger partial charge in [-0.15, -0.1) is 0 Å². The number of likely N-dealkylation sites (N-methyl/N-ethyl adjacent to an activating group) is 1. The Hall–Kier alpha value is -1.07. The number of aryl methyl sites for hydroxylation is 2. The maximum absolute atomic E-state index is 11.7. The van der Waals surface area contributed by atoms with Crippen molar-refractivity contribution in [3.8, 4) is 0 Å². The standard InChI is InChI=1S/C13H23ClN4O/c1-4-17(5-2)9-7-15-13(19)6-8-18-10-12(14)11(3)16-18/h10H,4-9H2,1-3H3,(H,15,19). The first-order valence-electron chi connectivity index (χ1n) is 6.75. The fourth-order valence-electron chi connectivity index (χ4n) is 1.81. The number of hydrogen-bond acceptors (Lipinski definition) is 3. The van der Waals surface area contributed by atoms with Crippen molar-refractivity contribution in [2.45, 2.75) is 33.7 Å². The summed E-state index contributed by atoms with van der Waals surface area (Å²) >= 11 is 5.91. The number of rotatable bonds is 8. The van der Waals surface area contributed by atoms with Gasteiger partial charge in [0.2, 0.25) is 5.91 Å². The van der Waals surface area contributed by atoms with Crippen LogP contribution in [0.5, 0.6) is 0 Å². The smallest absolute Gasteiger partial charge is 0.221 e. The first kappa shape index (κ1) is 16.0. The topological polar surface area (TPSA) is 50.2 Å². The number of aromatic nitrogens is 2. The Morgan fingerprint density at radius 2 is 2.16 bits per heavy atom. The molecule has 108 valence electrons. The second-order valence-corrected chi connectivity index (χ2v) is 4.86. The zero-order valence-corrected chi connectivity index (χ0v) is 12.7. The Balaban J connectivity index is 2.21. The molecular weight excluding hydrogens is 264 g/mol. The molecule has 0 unspecified atom stereocenters. The van der Waals surface area contributed by atoms with Crippen LogP contribution in [0.3, 0.4) is 0 Å². The quantitative estimate of drug-likeness (QED) is 0.791. The lowest BCUT2D eigenvalue weighted by Gasteiger charge is -2.17. The highest BCUT2D eigenvalue weighted by atomic mass is 35.5. The highest BCUT2D eigenvalue weighted by molar-refractivity contribution is 6.31. The third-order valence-electron chi connectivity index (χ3n) is 3.10. The Bertz CT molecular complexity index is 382. The van der Waals surface area contributed by atoms with Crippen LogP contribution in [0.1, 0.15) is 26.0 Å². The number of nitrogens with zero attached hydrogens (tertiary/aromatic N) is 3. The molecule has 1 rings (SSSR count). The van der Waals surface area contributed by atoms with Gasteiger partial charge in [0.15, 0.2) is 0 Å². The van der Waals surface area contributed by atoms with Gasteiger partial charge >= 0.3 is 0 Å². The van der Waals surface area contributed by atoms with E-state index < -0.39 is 0 Å². The molecule has 0 aliphatic carbocycles. The highest BCUT2D eigenvalue weighted by Gasteiger charge is 2.05. The molecule has 1 aromatic rings. The molecule has 19 heavy (non-hydrogen) atoms. The van der Waals surface area contributed by atoms with Crippen molar-refractivity contribution in [1.29, 1.82) is 0 Å². The average Bonchev–Trinajstić information content (AvgIpc) is 2.72. The minimum atomic E-state index is 0.0523. The van der Waals surface area contributed by atoms with Crippen LogP contribution in [-0.4, -0.2) is 46.8 Å². The summed E-state index contributed by atoms with van der Waals surface area (Å²) in [5.41, 5.74) is 0.795. The molecule has 0 aliphatic heterocycles. The van der Waals surface area contributed by atoms with E-state index in [-0.39, 0.29) is 5.91 Å². The van der Waals surface area contributed by atoms with Gasteiger partial charge in [0, 0.05) is 32.3 Å². The molecule has 0 saturated heterocycles. The van der Waals surface area contributed by atoms with Gasteiger partial charge in [-0.25, -0.2) is 0 Å². The van der Waals surface area contributed by atoms with Crippen LogP contribution in [0.4, 0.5) is 0 Å². The predicted octanol–water partition coefficient (Wildman–Crippen LogP) is 1.69. The largest absolute Gasteiger partial charge is 0.355 e. The van der Waals surface area contributed by atoms with Crippen LogP contribution in [0.15, 0.2) is 6.20 Å². The Morgan fingerprint density at radius 3 is 2.68 bits per heavy atom. The number of carbonyl (C=O) groups is 1. The second-order valence-electron chi connectivity index (χ2n) is 4.45. The molecule has 1 amide bonds. The predicted molar refractivity (Wildman–Crippen MR) is 77.4 cm³/mol. The number of nitrogens with one attached hydrogen (secondary N) is 1. The van der Waals surface area contributed by atoms with E-state index in [1.807, 2.05) is 6.92 Å². The molecule has 0 aliphatic rings. The van der Waals surface area contributed by atoms with E-state index in [1.165, 1.54) is 0 Å². The minimum Gasteiger partial charge on any atom is -0.355 e. The number of hydrogen-bond donors (Lipinski definition) is 1. The lowest BCUT2D eigenvalue weighted by Crippen LogP contribution is -2.35. The fraction of sp³-hybridized carbons (Fsp3) is 0.692. The molecule has 0 aromatic carbocycles. The van der Waals surface area contributed by atoms with Crippen molar-refractivity contribution in [1.82, 2.24) is 20.0 Å². The van der Waals surface area contributed by atoms with E-state index >= 15 is 0 Å². The van der Waals surface area contributed by atoms with Crippen molar-refractivity contribution in [2.75, 3.05) is 26.2 Å². The van der Waals surface area contributed by atoms with Crippen molar-refractivity contribution >= 4 is 17.5 Å². The summed E-state index contributed by atoms with van der Waals surface area (Å²) in [6, 6.07) is 0. The van der Waals surface area contributed by atoms with Crippen LogP contribution < -0.4 is 5.32 Å². The minimum absolute atomic E-state index is 0.0523. The lowest BCUT2D eigenvalue weighted by atomic mass is 10.4. The third-order valence-corrected chi connectivity index (χ3v) is 3.47. The SMILES string of the molecule is CCN(CC)CCNC(=O)CCn1cc(Cl)c(C)n1. The molecule has 0 atom stereocenters. The van der Waals surface area contributed by atoms with Gasteiger partial charge in [-0.1, -0.05) is 25.4 Å². The highest BCUT2D eigenvalue weighted by Crippen LogP contribution is 2.11. The van der Waals surface area contributed by atoms with Crippen molar-refractivity contribution in [2.24, 2.45) is 0 Å². The molecule has 1 heterocycles. The number of amides is 1. The monoisotopic (exact) mass is 286 g/mol. The molecule has 0 radical (unpaired) electrons. The molecule has 6 heteroatoms. The van der Waals surface area contributed by atoms with E-state index in [1.54, 1.807) is 10.9 Å². The third kappa shape index (κ3) is 5.61. The van der Waals surface area contributed by atoms with Crippen molar-refractivity contribution in [3.63, 3.8) is 0 Å². The van der Waals surface area contributed by atoms with E-state index in [2.05, 4.69) is 29.2 Å². The van der Waals surface area contributed by atoms with Gasteiger partial charge in [0.25, 0.3) is 0 Å². The van der Waals surface area contributed by atoms with Crippen molar-refractivity contribution < 1.29 is 4.79 Å². The van der Waals surface area contributed by atoms with Crippen LogP contribution >= 0.6 is 11.6 Å². The zero-order valence-electron chi connectivity index (χ0n) is 11.9. The van der Waals surface area contributed by atoms with Crippen molar-refractivity contribution in [3.05, 3.63) is 16.9 Å². The van der Waals surface area contributed by atoms with E-state index in [4.69, 9.17) is 11.6 Å². The maximum Gasteiger partial charge on any atom is 0.221 e. The number of halogens is 1. The van der Waals surface area contributed by atoms with Crippen LogP contribution in [0.25, 0.3) is 0 Å². The zero-order chi connectivity index (χ0) is 14.3. The average molecular weight is 287 g/mol. The van der Waals surface area contributed by atoms with Gasteiger partial charge in [0.1, 0.15) is 0 Å². The molecule has 0 fully saturated rings. The van der Waals surface area contributed by atoms with E-state index in [0.717, 1.165) is 25.3 Å². The first-order valence-corrected chi connectivity index (χ1v) is 7.13. The van der Waals surface area contributed by atoms with Gasteiger partial charge < -0.3 is 10.2 Å². The lowest BCUT2D eigenvalue weighted by molar-refractivity contribution is -0.121. The van der Waals surface area contributed by atoms with Crippen LogP contribution in [0.2, 0.25) is 5.02 Å². The maximum atomic E-state index is 11.7.